The van der Waals surface area contributed by atoms with Gasteiger partial charge in [-0.1, -0.05) is 56.7 Å². The normalized spacial score (nSPS) is 20.7. The Kier molecular flexibility index (Phi) is 5.00. The Balaban J connectivity index is 1.90. The van der Waals surface area contributed by atoms with Crippen LogP contribution in [0.5, 0.6) is 0 Å². The molecule has 1 atom stereocenters. The van der Waals surface area contributed by atoms with E-state index < -0.39 is 0 Å². The summed E-state index contributed by atoms with van der Waals surface area (Å²) in [6.07, 6.45) is 9.71. The highest BCUT2D eigenvalue weighted by atomic mass is 14.9. The summed E-state index contributed by atoms with van der Waals surface area (Å²) in [4.78, 5) is 0. The maximum atomic E-state index is 3.54. The van der Waals surface area contributed by atoms with E-state index in [9.17, 15) is 0 Å². The zero-order valence-electron chi connectivity index (χ0n) is 11.7. The van der Waals surface area contributed by atoms with Gasteiger partial charge in [0.15, 0.2) is 0 Å². The minimum atomic E-state index is 0.578. The summed E-state index contributed by atoms with van der Waals surface area (Å²) in [5, 5.41) is 3.54. The van der Waals surface area contributed by atoms with Crippen molar-refractivity contribution >= 4 is 6.08 Å². The standard InChI is InChI=1S/C17H25N/c1-14(2)13-16-8-6-15(7-9-16)10-11-17-5-3-4-12-18-17/h6-11,14,17-18H,3-5,12-13H2,1-2H3/b11-10+. The van der Waals surface area contributed by atoms with Crippen molar-refractivity contribution in [1.82, 2.24) is 5.32 Å². The van der Waals surface area contributed by atoms with Crippen molar-refractivity contribution in [3.63, 3.8) is 0 Å². The van der Waals surface area contributed by atoms with Gasteiger partial charge < -0.3 is 5.32 Å². The highest BCUT2D eigenvalue weighted by Crippen LogP contribution is 2.13. The molecule has 1 aromatic rings. The van der Waals surface area contributed by atoms with Crippen LogP contribution in [0.2, 0.25) is 0 Å². The third kappa shape index (κ3) is 4.30. The van der Waals surface area contributed by atoms with Crippen LogP contribution in [-0.4, -0.2) is 12.6 Å². The third-order valence-electron chi connectivity index (χ3n) is 3.49. The van der Waals surface area contributed by atoms with Crippen LogP contribution in [0.25, 0.3) is 6.08 Å². The molecule has 1 nitrogen and oxygen atoms in total. The predicted octanol–water partition coefficient (Wildman–Crippen LogP) is 4.04. The van der Waals surface area contributed by atoms with Crippen molar-refractivity contribution in [3.05, 3.63) is 41.5 Å². The van der Waals surface area contributed by atoms with E-state index in [0.717, 1.165) is 5.92 Å². The molecule has 1 unspecified atom stereocenters. The first kappa shape index (κ1) is 13.4. The van der Waals surface area contributed by atoms with Crippen LogP contribution in [0.15, 0.2) is 30.3 Å². The molecule has 1 aromatic carbocycles. The lowest BCUT2D eigenvalue weighted by molar-refractivity contribution is 0.455. The smallest absolute Gasteiger partial charge is 0.0253 e. The van der Waals surface area contributed by atoms with Gasteiger partial charge in [0.1, 0.15) is 0 Å². The maximum absolute atomic E-state index is 3.54. The van der Waals surface area contributed by atoms with Crippen molar-refractivity contribution in [2.24, 2.45) is 5.92 Å². The second-order valence-electron chi connectivity index (χ2n) is 5.76. The molecule has 0 aliphatic carbocycles. The Morgan fingerprint density at radius 3 is 2.61 bits per heavy atom. The van der Waals surface area contributed by atoms with Crippen molar-refractivity contribution in [1.29, 1.82) is 0 Å². The molecule has 0 saturated carbocycles. The van der Waals surface area contributed by atoms with Crippen LogP contribution in [0.3, 0.4) is 0 Å². The Morgan fingerprint density at radius 1 is 1.22 bits per heavy atom. The Hall–Kier alpha value is -1.08. The monoisotopic (exact) mass is 243 g/mol. The van der Waals surface area contributed by atoms with E-state index in [1.54, 1.807) is 0 Å². The summed E-state index contributed by atoms with van der Waals surface area (Å²) in [7, 11) is 0. The van der Waals surface area contributed by atoms with Crippen molar-refractivity contribution < 1.29 is 0 Å². The van der Waals surface area contributed by atoms with Crippen molar-refractivity contribution in [2.75, 3.05) is 6.54 Å². The quantitative estimate of drug-likeness (QED) is 0.841. The molecule has 1 fully saturated rings. The zero-order chi connectivity index (χ0) is 12.8. The molecule has 1 heterocycles. The molecular formula is C17H25N. The lowest BCUT2D eigenvalue weighted by atomic mass is 10.0. The van der Waals surface area contributed by atoms with Gasteiger partial charge in [0.25, 0.3) is 0 Å². The summed E-state index contributed by atoms with van der Waals surface area (Å²) in [5.41, 5.74) is 2.76. The molecule has 1 N–H and O–H groups in total. The van der Waals surface area contributed by atoms with Gasteiger partial charge in [0.2, 0.25) is 0 Å². The van der Waals surface area contributed by atoms with Crippen LogP contribution in [0.1, 0.15) is 44.2 Å². The molecule has 18 heavy (non-hydrogen) atoms. The fraction of sp³-hybridized carbons (Fsp3) is 0.529. The molecule has 98 valence electrons. The molecule has 1 heteroatoms. The minimum Gasteiger partial charge on any atom is -0.311 e. The van der Waals surface area contributed by atoms with E-state index >= 15 is 0 Å². The van der Waals surface area contributed by atoms with Crippen molar-refractivity contribution in [3.8, 4) is 0 Å². The van der Waals surface area contributed by atoms with Crippen LogP contribution in [0.4, 0.5) is 0 Å². The van der Waals surface area contributed by atoms with Gasteiger partial charge in [-0.25, -0.2) is 0 Å². The Morgan fingerprint density at radius 2 is 2.00 bits per heavy atom. The molecule has 0 bridgehead atoms. The van der Waals surface area contributed by atoms with Gasteiger partial charge in [-0.2, -0.15) is 0 Å². The van der Waals surface area contributed by atoms with Crippen molar-refractivity contribution in [2.45, 2.75) is 45.6 Å². The van der Waals surface area contributed by atoms with Crippen LogP contribution >= 0.6 is 0 Å². The van der Waals surface area contributed by atoms with E-state index in [1.807, 2.05) is 0 Å². The summed E-state index contributed by atoms with van der Waals surface area (Å²) in [6.45, 7) is 5.70. The molecular weight excluding hydrogens is 218 g/mol. The average Bonchev–Trinajstić information content (AvgIpc) is 2.38. The average molecular weight is 243 g/mol. The van der Waals surface area contributed by atoms with E-state index in [-0.39, 0.29) is 0 Å². The second kappa shape index (κ2) is 6.75. The van der Waals surface area contributed by atoms with Crippen LogP contribution < -0.4 is 5.32 Å². The fourth-order valence-corrected chi connectivity index (χ4v) is 2.51. The lowest BCUT2D eigenvalue weighted by Crippen LogP contribution is -2.31. The lowest BCUT2D eigenvalue weighted by Gasteiger charge is -2.20. The largest absolute Gasteiger partial charge is 0.311 e. The van der Waals surface area contributed by atoms with E-state index in [1.165, 1.54) is 43.4 Å². The van der Waals surface area contributed by atoms with Gasteiger partial charge in [-0.3, -0.25) is 0 Å². The maximum Gasteiger partial charge on any atom is 0.0253 e. The SMILES string of the molecule is CC(C)Cc1ccc(/C=C/C2CCCCN2)cc1. The number of piperidine rings is 1. The summed E-state index contributed by atoms with van der Waals surface area (Å²) >= 11 is 0. The van der Waals surface area contributed by atoms with E-state index in [0.29, 0.717) is 6.04 Å². The first-order valence-corrected chi connectivity index (χ1v) is 7.24. The van der Waals surface area contributed by atoms with E-state index in [4.69, 9.17) is 0 Å². The number of hydrogen-bond acceptors (Lipinski definition) is 1. The third-order valence-corrected chi connectivity index (χ3v) is 3.49. The molecule has 2 rings (SSSR count). The summed E-state index contributed by atoms with van der Waals surface area (Å²) in [6, 6.07) is 9.56. The van der Waals surface area contributed by atoms with E-state index in [2.05, 4.69) is 55.6 Å². The predicted molar refractivity (Wildman–Crippen MR) is 79.7 cm³/mol. The zero-order valence-corrected chi connectivity index (χ0v) is 11.7. The first-order valence-electron chi connectivity index (χ1n) is 7.24. The molecule has 0 aromatic heterocycles. The van der Waals surface area contributed by atoms with Gasteiger partial charge in [-0.15, -0.1) is 0 Å². The summed E-state index contributed by atoms with van der Waals surface area (Å²) < 4.78 is 0. The molecule has 1 aliphatic rings. The molecule has 0 amide bonds. The minimum absolute atomic E-state index is 0.578. The molecule has 1 aliphatic heterocycles. The van der Waals surface area contributed by atoms with Gasteiger partial charge in [0, 0.05) is 6.04 Å². The van der Waals surface area contributed by atoms with Gasteiger partial charge in [0.05, 0.1) is 0 Å². The van der Waals surface area contributed by atoms with Gasteiger partial charge in [-0.05, 0) is 42.9 Å². The first-order chi connectivity index (χ1) is 8.74. The molecule has 1 saturated heterocycles. The number of nitrogens with one attached hydrogen (secondary N) is 1. The Bertz CT molecular complexity index is 369. The highest BCUT2D eigenvalue weighted by molar-refractivity contribution is 5.50. The Labute approximate surface area is 111 Å². The molecule has 0 radical (unpaired) electrons. The number of benzene rings is 1. The molecule has 0 spiro atoms. The van der Waals surface area contributed by atoms with Gasteiger partial charge >= 0.3 is 0 Å². The van der Waals surface area contributed by atoms with Crippen LogP contribution in [0, 0.1) is 5.92 Å². The van der Waals surface area contributed by atoms with Crippen LogP contribution in [-0.2, 0) is 6.42 Å². The highest BCUT2D eigenvalue weighted by Gasteiger charge is 2.08. The summed E-state index contributed by atoms with van der Waals surface area (Å²) in [5.74, 6) is 0.734. The fourth-order valence-electron chi connectivity index (χ4n) is 2.51. The topological polar surface area (TPSA) is 12.0 Å². The number of hydrogen-bond donors (Lipinski definition) is 1. The number of rotatable bonds is 4. The second-order valence-corrected chi connectivity index (χ2v) is 5.76.